The predicted octanol–water partition coefficient (Wildman–Crippen LogP) is 24.0. The Morgan fingerprint density at radius 1 is 0.273 bits per heavy atom. The Balaban J connectivity index is 5.11. The van der Waals surface area contributed by atoms with E-state index in [0.717, 1.165) is 102 Å². The highest BCUT2D eigenvalue weighted by molar-refractivity contribution is 7.47. The van der Waals surface area contributed by atoms with Gasteiger partial charge >= 0.3 is 39.5 Å². The third-order valence-corrected chi connectivity index (χ3v) is 20.7. The van der Waals surface area contributed by atoms with Gasteiger partial charge in [-0.3, -0.25) is 37.3 Å². The van der Waals surface area contributed by atoms with Crippen molar-refractivity contribution in [2.24, 2.45) is 5.92 Å². The fourth-order valence-electron chi connectivity index (χ4n) is 12.4. The summed E-state index contributed by atoms with van der Waals surface area (Å²) in [5.41, 5.74) is 0. The Morgan fingerprint density at radius 2 is 0.465 bits per heavy atom. The molecule has 19 heteroatoms. The second kappa shape index (κ2) is 73.0. The second-order valence-corrected chi connectivity index (χ2v) is 32.2. The number of rotatable bonds is 80. The first-order chi connectivity index (χ1) is 48.0. The molecule has 0 heterocycles. The van der Waals surface area contributed by atoms with E-state index in [9.17, 15) is 43.2 Å². The molecule has 0 rings (SSSR count). The number of ether oxygens (including phenoxy) is 4. The van der Waals surface area contributed by atoms with Gasteiger partial charge in [-0.1, -0.05) is 375 Å². The Morgan fingerprint density at radius 3 is 0.687 bits per heavy atom. The molecule has 0 amide bonds. The van der Waals surface area contributed by atoms with Crippen molar-refractivity contribution in [3.63, 3.8) is 0 Å². The molecule has 0 saturated heterocycles. The molecule has 0 aliphatic rings. The maximum atomic E-state index is 13.1. The van der Waals surface area contributed by atoms with Gasteiger partial charge in [0.1, 0.15) is 19.3 Å². The number of phosphoric acid groups is 2. The van der Waals surface area contributed by atoms with Crippen LogP contribution < -0.4 is 0 Å². The molecule has 5 atom stereocenters. The highest BCUT2D eigenvalue weighted by Gasteiger charge is 2.30. The summed E-state index contributed by atoms with van der Waals surface area (Å²) in [5, 5.41) is 10.6. The van der Waals surface area contributed by atoms with Gasteiger partial charge in [-0.15, -0.1) is 0 Å². The Labute approximate surface area is 607 Å². The largest absolute Gasteiger partial charge is 0.472 e. The molecule has 99 heavy (non-hydrogen) atoms. The maximum absolute atomic E-state index is 13.1. The minimum Gasteiger partial charge on any atom is -0.462 e. The lowest BCUT2D eigenvalue weighted by Crippen LogP contribution is -2.30. The first kappa shape index (κ1) is 97.1. The van der Waals surface area contributed by atoms with Gasteiger partial charge in [-0.2, -0.15) is 0 Å². The smallest absolute Gasteiger partial charge is 0.462 e. The van der Waals surface area contributed by atoms with E-state index in [2.05, 4.69) is 34.6 Å². The van der Waals surface area contributed by atoms with Crippen LogP contribution in [-0.4, -0.2) is 96.7 Å². The quantitative estimate of drug-likeness (QED) is 0.0222. The molecule has 0 fully saturated rings. The molecule has 2 unspecified atom stereocenters. The van der Waals surface area contributed by atoms with Crippen molar-refractivity contribution in [2.75, 3.05) is 39.6 Å². The van der Waals surface area contributed by atoms with Gasteiger partial charge < -0.3 is 33.8 Å². The second-order valence-electron chi connectivity index (χ2n) is 29.3. The van der Waals surface area contributed by atoms with Crippen molar-refractivity contribution in [2.45, 2.75) is 445 Å². The number of aliphatic hydroxyl groups is 1. The van der Waals surface area contributed by atoms with E-state index < -0.39 is 97.5 Å². The molecule has 0 radical (unpaired) electrons. The fourth-order valence-corrected chi connectivity index (χ4v) is 14.0. The standard InChI is InChI=1S/C80H156O17P2/c1-6-9-12-15-17-19-21-23-25-27-29-31-33-35-37-39-41-46-50-55-60-65-80(85)97-76(70-91-78(83)64-59-54-49-45-40-38-36-34-32-30-28-26-24-22-20-18-16-13-10-7-2)72-95-99(88,89)93-68-74(81)67-92-98(86,87)94-71-75(69-90-77(82)63-58-52-14-11-8-3)96-79(84)66-61-56-51-47-43-42-44-48-53-57-62-73(4)5/h73-76,81H,6-72H2,1-5H3,(H,86,87)(H,88,89)/t74-,75+,76+/m0/s1. The molecule has 0 spiro atoms. The molecular weight excluding hydrogens is 1290 g/mol. The number of aliphatic hydroxyl groups excluding tert-OH is 1. The SMILES string of the molecule is CCCCCCCCCCCCCCCCCCCCCCCC(=O)O[C@H](COC(=O)CCCCCCCCCCCCCCCCCCCCCC)COP(=O)(O)OC[C@@H](O)COP(=O)(O)OC[C@@H](COC(=O)CCCCCCC)OC(=O)CCCCCCCCCCCCC(C)C. The summed E-state index contributed by atoms with van der Waals surface area (Å²) >= 11 is 0. The normalized spacial score (nSPS) is 13.9. The van der Waals surface area contributed by atoms with Gasteiger partial charge in [0.2, 0.25) is 0 Å². The van der Waals surface area contributed by atoms with Crippen molar-refractivity contribution < 1.29 is 80.2 Å². The van der Waals surface area contributed by atoms with Gasteiger partial charge in [0.05, 0.1) is 26.4 Å². The van der Waals surface area contributed by atoms with Crippen LogP contribution in [0.25, 0.3) is 0 Å². The van der Waals surface area contributed by atoms with Crippen molar-refractivity contribution in [1.29, 1.82) is 0 Å². The van der Waals surface area contributed by atoms with Crippen molar-refractivity contribution in [3.8, 4) is 0 Å². The molecule has 0 aromatic heterocycles. The van der Waals surface area contributed by atoms with E-state index in [0.29, 0.717) is 25.7 Å². The minimum atomic E-state index is -4.96. The zero-order chi connectivity index (χ0) is 72.7. The Kier molecular flexibility index (Phi) is 71.6. The van der Waals surface area contributed by atoms with Gasteiger partial charge in [-0.25, -0.2) is 9.13 Å². The van der Waals surface area contributed by atoms with Crippen molar-refractivity contribution >= 4 is 39.5 Å². The number of phosphoric ester groups is 2. The van der Waals surface area contributed by atoms with Crippen LogP contribution in [0.4, 0.5) is 0 Å². The van der Waals surface area contributed by atoms with Crippen LogP contribution in [-0.2, 0) is 65.4 Å². The summed E-state index contributed by atoms with van der Waals surface area (Å²) in [4.78, 5) is 72.6. The topological polar surface area (TPSA) is 237 Å². The van der Waals surface area contributed by atoms with Crippen LogP contribution in [0.5, 0.6) is 0 Å². The number of hydrogen-bond acceptors (Lipinski definition) is 15. The van der Waals surface area contributed by atoms with Crippen molar-refractivity contribution in [3.05, 3.63) is 0 Å². The van der Waals surface area contributed by atoms with Gasteiger partial charge in [-0.05, 0) is 31.6 Å². The number of hydrogen-bond donors (Lipinski definition) is 3. The molecule has 588 valence electrons. The average molecular weight is 1450 g/mol. The van der Waals surface area contributed by atoms with Gasteiger partial charge in [0, 0.05) is 25.7 Å². The van der Waals surface area contributed by atoms with Gasteiger partial charge in [0.15, 0.2) is 12.2 Å². The third-order valence-electron chi connectivity index (χ3n) is 18.8. The monoisotopic (exact) mass is 1450 g/mol. The van der Waals surface area contributed by atoms with E-state index in [-0.39, 0.29) is 25.7 Å². The van der Waals surface area contributed by atoms with Crippen molar-refractivity contribution in [1.82, 2.24) is 0 Å². The summed E-state index contributed by atoms with van der Waals surface area (Å²) in [7, 11) is -9.91. The van der Waals surface area contributed by atoms with E-state index in [1.807, 2.05) is 0 Å². The lowest BCUT2D eigenvalue weighted by molar-refractivity contribution is -0.161. The fraction of sp³-hybridized carbons (Fsp3) is 0.950. The average Bonchev–Trinajstić information content (AvgIpc) is 0.999. The van der Waals surface area contributed by atoms with Crippen LogP contribution in [0.15, 0.2) is 0 Å². The van der Waals surface area contributed by atoms with Gasteiger partial charge in [0.25, 0.3) is 0 Å². The number of carbonyl (C=O) groups excluding carboxylic acids is 4. The van der Waals surface area contributed by atoms with Crippen LogP contribution >= 0.6 is 15.6 Å². The zero-order valence-corrected chi connectivity index (χ0v) is 66.4. The van der Waals surface area contributed by atoms with Crippen LogP contribution in [0, 0.1) is 5.92 Å². The summed E-state index contributed by atoms with van der Waals surface area (Å²) < 4.78 is 68.4. The molecule has 0 bridgehead atoms. The lowest BCUT2D eigenvalue weighted by atomic mass is 10.0. The molecule has 17 nitrogen and oxygen atoms in total. The molecule has 0 aliphatic heterocycles. The number of esters is 4. The summed E-state index contributed by atoms with van der Waals surface area (Å²) in [6.07, 6.45) is 64.5. The molecule has 0 aromatic carbocycles. The molecular formula is C80H156O17P2. The van der Waals surface area contributed by atoms with E-state index in [1.54, 1.807) is 0 Å². The van der Waals surface area contributed by atoms with E-state index >= 15 is 0 Å². The highest BCUT2D eigenvalue weighted by atomic mass is 31.2. The molecule has 0 saturated carbocycles. The minimum absolute atomic E-state index is 0.105. The summed E-state index contributed by atoms with van der Waals surface area (Å²) in [5.74, 6) is -1.37. The molecule has 0 aromatic rings. The maximum Gasteiger partial charge on any atom is 0.472 e. The predicted molar refractivity (Wildman–Crippen MR) is 405 cm³/mol. The van der Waals surface area contributed by atoms with E-state index in [4.69, 9.17) is 37.0 Å². The number of unbranched alkanes of at least 4 members (excludes halogenated alkanes) is 52. The van der Waals surface area contributed by atoms with Crippen LogP contribution in [0.1, 0.15) is 426 Å². The van der Waals surface area contributed by atoms with E-state index in [1.165, 1.54) is 244 Å². The number of carbonyl (C=O) groups is 4. The summed E-state index contributed by atoms with van der Waals surface area (Å²) in [6, 6.07) is 0. The zero-order valence-electron chi connectivity index (χ0n) is 64.6. The Hall–Kier alpha value is -1.94. The first-order valence-electron chi connectivity index (χ1n) is 41.6. The van der Waals surface area contributed by atoms with Crippen LogP contribution in [0.3, 0.4) is 0 Å². The summed E-state index contributed by atoms with van der Waals surface area (Å²) in [6.45, 7) is 7.21. The first-order valence-corrected chi connectivity index (χ1v) is 44.6. The Bertz CT molecular complexity index is 1890. The molecule has 0 aliphatic carbocycles. The molecule has 3 N–H and O–H groups in total. The highest BCUT2D eigenvalue weighted by Crippen LogP contribution is 2.45. The third kappa shape index (κ3) is 74.1. The lowest BCUT2D eigenvalue weighted by Gasteiger charge is -2.21. The van der Waals surface area contributed by atoms with Crippen LogP contribution in [0.2, 0.25) is 0 Å².